The summed E-state index contributed by atoms with van der Waals surface area (Å²) in [5, 5.41) is 0. The number of carbonyl (C=O) groups excluding carboxylic acids is 1. The predicted octanol–water partition coefficient (Wildman–Crippen LogP) is 0.567. The molecule has 50 valence electrons. The van der Waals surface area contributed by atoms with Crippen molar-refractivity contribution in [1.82, 2.24) is 4.90 Å². The molecule has 0 bridgehead atoms. The summed E-state index contributed by atoms with van der Waals surface area (Å²) in [6.07, 6.45) is 0. The zero-order valence-electron chi connectivity index (χ0n) is 5.71. The molecule has 1 rings (SSSR count). The van der Waals surface area contributed by atoms with Crippen molar-refractivity contribution in [2.45, 2.75) is 19.5 Å². The SMILES string of the molecule is CN1C(=O)[N+](=O)C1(C)C. The van der Waals surface area contributed by atoms with Gasteiger partial charge in [0, 0.05) is 13.8 Å². The van der Waals surface area contributed by atoms with Crippen molar-refractivity contribution in [2.24, 2.45) is 0 Å². The van der Waals surface area contributed by atoms with Crippen LogP contribution in [0.1, 0.15) is 13.8 Å². The van der Waals surface area contributed by atoms with Gasteiger partial charge in [-0.15, -0.1) is 0 Å². The Bertz CT molecular complexity index is 185. The molecule has 0 aromatic carbocycles. The quantitative estimate of drug-likeness (QED) is 0.448. The maximum absolute atomic E-state index is 10.6. The molecule has 1 heterocycles. The van der Waals surface area contributed by atoms with Crippen LogP contribution in [0.25, 0.3) is 0 Å². The van der Waals surface area contributed by atoms with E-state index in [1.54, 1.807) is 20.9 Å². The molecular weight excluding hydrogens is 120 g/mol. The molecule has 0 unspecified atom stereocenters. The Morgan fingerprint density at radius 3 is 2.11 bits per heavy atom. The first-order valence-electron chi connectivity index (χ1n) is 2.73. The zero-order valence-corrected chi connectivity index (χ0v) is 5.71. The molecule has 1 aliphatic heterocycles. The number of amides is 2. The lowest BCUT2D eigenvalue weighted by Gasteiger charge is -2.31. The van der Waals surface area contributed by atoms with Gasteiger partial charge in [-0.3, -0.25) is 0 Å². The number of nitroso groups, excluding NO2 is 1. The van der Waals surface area contributed by atoms with Gasteiger partial charge in [-0.05, 0) is 0 Å². The molecule has 0 aromatic rings. The highest BCUT2D eigenvalue weighted by Crippen LogP contribution is 2.24. The minimum absolute atomic E-state index is 0.458. The molecule has 4 heteroatoms. The lowest BCUT2D eigenvalue weighted by atomic mass is 10.1. The summed E-state index contributed by atoms with van der Waals surface area (Å²) < 4.78 is 0.465. The molecule has 0 aromatic heterocycles. The summed E-state index contributed by atoms with van der Waals surface area (Å²) >= 11 is 0. The standard InChI is InChI=1S/C5H9N2O2/c1-5(2)6(3)4(8)7(5)9/h1-3H3/q+1. The fourth-order valence-corrected chi connectivity index (χ4v) is 0.696. The van der Waals surface area contributed by atoms with E-state index in [1.807, 2.05) is 0 Å². The fourth-order valence-electron chi connectivity index (χ4n) is 0.696. The lowest BCUT2D eigenvalue weighted by molar-refractivity contribution is -0.624. The van der Waals surface area contributed by atoms with Crippen molar-refractivity contribution in [3.8, 4) is 0 Å². The van der Waals surface area contributed by atoms with Gasteiger partial charge >= 0.3 is 6.03 Å². The van der Waals surface area contributed by atoms with Crippen LogP contribution >= 0.6 is 0 Å². The molecule has 9 heavy (non-hydrogen) atoms. The zero-order chi connectivity index (χ0) is 7.23. The van der Waals surface area contributed by atoms with Crippen LogP contribution in [0.15, 0.2) is 0 Å². The molecule has 1 fully saturated rings. The van der Waals surface area contributed by atoms with Crippen molar-refractivity contribution < 1.29 is 9.55 Å². The highest BCUT2D eigenvalue weighted by molar-refractivity contribution is 5.70. The van der Waals surface area contributed by atoms with Gasteiger partial charge in [-0.2, -0.15) is 9.69 Å². The third kappa shape index (κ3) is 0.500. The Hall–Kier alpha value is -0.930. The number of hydrogen-bond acceptors (Lipinski definition) is 2. The number of urea groups is 1. The molecule has 1 saturated heterocycles. The Balaban J connectivity index is 2.86. The number of carbonyl (C=O) groups is 1. The molecule has 0 radical (unpaired) electrons. The van der Waals surface area contributed by atoms with Gasteiger partial charge in [0.25, 0.3) is 5.66 Å². The highest BCUT2D eigenvalue weighted by atomic mass is 16.3. The van der Waals surface area contributed by atoms with Gasteiger partial charge in [0.2, 0.25) is 0 Å². The van der Waals surface area contributed by atoms with E-state index in [9.17, 15) is 9.70 Å². The second-order valence-electron chi connectivity index (χ2n) is 2.63. The minimum Gasteiger partial charge on any atom is -0.193 e. The van der Waals surface area contributed by atoms with Crippen LogP contribution in [0, 0.1) is 4.91 Å². The van der Waals surface area contributed by atoms with Crippen LogP contribution in [-0.2, 0) is 0 Å². The maximum Gasteiger partial charge on any atom is 0.539 e. The lowest BCUT2D eigenvalue weighted by Crippen LogP contribution is -2.67. The van der Waals surface area contributed by atoms with Gasteiger partial charge in [0.15, 0.2) is 0 Å². The second kappa shape index (κ2) is 1.32. The summed E-state index contributed by atoms with van der Waals surface area (Å²) in [5.74, 6) is 0. The van der Waals surface area contributed by atoms with Crippen molar-refractivity contribution in [3.05, 3.63) is 4.91 Å². The number of rotatable bonds is 0. The summed E-state index contributed by atoms with van der Waals surface area (Å²) in [7, 11) is 1.61. The predicted molar refractivity (Wildman–Crippen MR) is 30.9 cm³/mol. The van der Waals surface area contributed by atoms with Gasteiger partial charge < -0.3 is 0 Å². The largest absolute Gasteiger partial charge is 0.539 e. The van der Waals surface area contributed by atoms with Crippen LogP contribution in [0.4, 0.5) is 4.79 Å². The van der Waals surface area contributed by atoms with Gasteiger partial charge in [0.05, 0.1) is 11.8 Å². The molecule has 0 aliphatic carbocycles. The monoisotopic (exact) mass is 129 g/mol. The second-order valence-corrected chi connectivity index (χ2v) is 2.63. The molecule has 0 atom stereocenters. The fraction of sp³-hybridized carbons (Fsp3) is 0.800. The van der Waals surface area contributed by atoms with Crippen molar-refractivity contribution in [3.63, 3.8) is 0 Å². The average Bonchev–Trinajstić information content (AvgIpc) is 1.84. The van der Waals surface area contributed by atoms with Crippen LogP contribution in [0.2, 0.25) is 0 Å². The Morgan fingerprint density at radius 1 is 1.56 bits per heavy atom. The van der Waals surface area contributed by atoms with Gasteiger partial charge in [-0.1, -0.05) is 4.91 Å². The molecule has 2 amide bonds. The highest BCUT2D eigenvalue weighted by Gasteiger charge is 2.60. The normalized spacial score (nSPS) is 24.1. The van der Waals surface area contributed by atoms with E-state index in [2.05, 4.69) is 0 Å². The molecule has 1 aliphatic rings. The summed E-state index contributed by atoms with van der Waals surface area (Å²) in [6, 6.07) is -0.458. The third-order valence-electron chi connectivity index (χ3n) is 1.78. The molecule has 0 spiro atoms. The Kier molecular flexibility index (Phi) is 0.906. The van der Waals surface area contributed by atoms with E-state index >= 15 is 0 Å². The van der Waals surface area contributed by atoms with E-state index in [-0.39, 0.29) is 0 Å². The average molecular weight is 129 g/mol. The summed E-state index contributed by atoms with van der Waals surface area (Å²) in [5.41, 5.74) is -0.628. The van der Waals surface area contributed by atoms with Crippen molar-refractivity contribution >= 4 is 6.03 Å². The first-order valence-corrected chi connectivity index (χ1v) is 2.73. The summed E-state index contributed by atoms with van der Waals surface area (Å²) in [6.45, 7) is 3.39. The molecule has 0 saturated carbocycles. The van der Waals surface area contributed by atoms with Gasteiger partial charge in [-0.25, -0.2) is 0 Å². The van der Waals surface area contributed by atoms with Crippen molar-refractivity contribution in [1.29, 1.82) is 0 Å². The summed E-state index contributed by atoms with van der Waals surface area (Å²) in [4.78, 5) is 22.5. The first-order chi connectivity index (χ1) is 3.98. The topological polar surface area (TPSA) is 40.4 Å². The first kappa shape index (κ1) is 6.19. The third-order valence-corrected chi connectivity index (χ3v) is 1.78. The maximum atomic E-state index is 10.6. The minimum atomic E-state index is -0.628. The van der Waals surface area contributed by atoms with E-state index in [0.717, 1.165) is 0 Å². The van der Waals surface area contributed by atoms with Crippen LogP contribution < -0.4 is 0 Å². The molecule has 4 nitrogen and oxygen atoms in total. The van der Waals surface area contributed by atoms with E-state index in [1.165, 1.54) is 4.90 Å². The van der Waals surface area contributed by atoms with Crippen LogP contribution in [0.3, 0.4) is 0 Å². The van der Waals surface area contributed by atoms with Crippen molar-refractivity contribution in [2.75, 3.05) is 7.05 Å². The van der Waals surface area contributed by atoms with Crippen LogP contribution in [0.5, 0.6) is 0 Å². The Morgan fingerprint density at radius 2 is 2.00 bits per heavy atom. The number of nitrogens with zero attached hydrogens (tertiary/aromatic N) is 2. The van der Waals surface area contributed by atoms with E-state index in [0.29, 0.717) is 4.76 Å². The number of hydrogen-bond donors (Lipinski definition) is 0. The molecular formula is C5H9N2O2+. The van der Waals surface area contributed by atoms with E-state index < -0.39 is 11.7 Å². The van der Waals surface area contributed by atoms with Gasteiger partial charge in [0.1, 0.15) is 0 Å². The molecule has 0 N–H and O–H groups in total. The smallest absolute Gasteiger partial charge is 0.193 e. The van der Waals surface area contributed by atoms with Crippen LogP contribution in [-0.4, -0.2) is 28.4 Å². The Labute approximate surface area is 53.0 Å². The van der Waals surface area contributed by atoms with E-state index in [4.69, 9.17) is 0 Å².